The summed E-state index contributed by atoms with van der Waals surface area (Å²) in [6.07, 6.45) is 0. The van der Waals surface area contributed by atoms with Crippen molar-refractivity contribution in [2.75, 3.05) is 19.5 Å². The first-order valence-corrected chi connectivity index (χ1v) is 9.74. The summed E-state index contributed by atoms with van der Waals surface area (Å²) in [6.45, 7) is 0. The Bertz CT molecular complexity index is 922. The van der Waals surface area contributed by atoms with Gasteiger partial charge in [-0.1, -0.05) is 43.6 Å². The molecule has 0 bridgehead atoms. The number of nitrogens with one attached hydrogen (secondary N) is 1. The average molecular weight is 468 g/mol. The highest BCUT2D eigenvalue weighted by atomic mass is 79.9. The van der Waals surface area contributed by atoms with Crippen molar-refractivity contribution in [3.05, 3.63) is 56.5 Å². The van der Waals surface area contributed by atoms with Crippen LogP contribution in [0.1, 0.15) is 10.4 Å². The second-order valence-electron chi connectivity index (χ2n) is 4.82. The van der Waals surface area contributed by atoms with Crippen LogP contribution in [0.2, 0.25) is 10.0 Å². The predicted molar refractivity (Wildman–Crippen MR) is 101 cm³/mol. The van der Waals surface area contributed by atoms with Gasteiger partial charge in [-0.15, -0.1) is 0 Å². The van der Waals surface area contributed by atoms with Crippen LogP contribution < -0.4 is 5.32 Å². The first-order chi connectivity index (χ1) is 11.7. The number of rotatable bonds is 5. The highest BCUT2D eigenvalue weighted by Gasteiger charge is 2.25. The molecular weight excluding hydrogens is 455 g/mol. The minimum atomic E-state index is -4.00. The third kappa shape index (κ3) is 4.52. The van der Waals surface area contributed by atoms with E-state index in [1.165, 1.54) is 32.4 Å². The van der Waals surface area contributed by atoms with Gasteiger partial charge in [0.1, 0.15) is 4.90 Å². The molecule has 0 aliphatic rings. The maximum absolute atomic E-state index is 12.4. The van der Waals surface area contributed by atoms with Crippen molar-refractivity contribution in [2.45, 2.75) is 4.90 Å². The van der Waals surface area contributed by atoms with Gasteiger partial charge in [-0.25, -0.2) is 8.42 Å². The van der Waals surface area contributed by atoms with Crippen LogP contribution in [0.5, 0.6) is 0 Å². The number of hydroxylamine groups is 1. The smallest absolute Gasteiger partial charge is 0.266 e. The Morgan fingerprint density at radius 1 is 1.16 bits per heavy atom. The molecule has 2 aromatic rings. The summed E-state index contributed by atoms with van der Waals surface area (Å²) in [5, 5.41) is 2.93. The molecule has 0 radical (unpaired) electrons. The summed E-state index contributed by atoms with van der Waals surface area (Å²) in [5.41, 5.74) is 0.495. The van der Waals surface area contributed by atoms with Crippen molar-refractivity contribution in [3.8, 4) is 0 Å². The van der Waals surface area contributed by atoms with E-state index in [2.05, 4.69) is 21.2 Å². The number of carbonyl (C=O) groups is 1. The predicted octanol–water partition coefficient (Wildman–Crippen LogP) is 4.19. The lowest BCUT2D eigenvalue weighted by atomic mass is 10.2. The molecule has 0 atom stereocenters. The van der Waals surface area contributed by atoms with E-state index in [1.54, 1.807) is 18.2 Å². The lowest BCUT2D eigenvalue weighted by Gasteiger charge is -2.16. The van der Waals surface area contributed by atoms with Crippen LogP contribution in [-0.4, -0.2) is 33.0 Å². The number of amides is 1. The zero-order valence-corrected chi connectivity index (χ0v) is 17.0. The Labute approximate surface area is 163 Å². The van der Waals surface area contributed by atoms with E-state index in [1.807, 2.05) is 0 Å². The normalized spacial score (nSPS) is 11.6. The molecule has 0 heterocycles. The minimum Gasteiger partial charge on any atom is -0.321 e. The molecule has 2 rings (SSSR count). The van der Waals surface area contributed by atoms with E-state index in [9.17, 15) is 13.2 Å². The molecule has 25 heavy (non-hydrogen) atoms. The number of nitrogens with zero attached hydrogens (tertiary/aromatic N) is 1. The fraction of sp³-hybridized carbons (Fsp3) is 0.133. The maximum Gasteiger partial charge on any atom is 0.266 e. The topological polar surface area (TPSA) is 75.7 Å². The molecule has 0 aliphatic heterocycles. The Morgan fingerprint density at radius 3 is 2.44 bits per heavy atom. The lowest BCUT2D eigenvalue weighted by molar-refractivity contribution is -0.0258. The summed E-state index contributed by atoms with van der Waals surface area (Å²) < 4.78 is 26.2. The van der Waals surface area contributed by atoms with Crippen LogP contribution in [0.15, 0.2) is 45.8 Å². The number of anilines is 1. The highest BCUT2D eigenvalue weighted by molar-refractivity contribution is 9.10. The molecule has 134 valence electrons. The molecular formula is C15H13BrCl2N2O4S. The van der Waals surface area contributed by atoms with Gasteiger partial charge in [0.25, 0.3) is 15.9 Å². The number of sulfonamides is 1. The maximum atomic E-state index is 12.4. The number of hydrogen-bond acceptors (Lipinski definition) is 4. The molecule has 6 nitrogen and oxygen atoms in total. The SMILES string of the molecule is CON(C)S(=O)(=O)c1cc(C(=O)Nc2ccc(Br)cc2Cl)ccc1Cl. The largest absolute Gasteiger partial charge is 0.321 e. The van der Waals surface area contributed by atoms with Crippen LogP contribution in [-0.2, 0) is 14.9 Å². The molecule has 1 amide bonds. The summed E-state index contributed by atoms with van der Waals surface area (Å²) >= 11 is 15.3. The second kappa shape index (κ2) is 8.03. The molecule has 0 fully saturated rings. The van der Waals surface area contributed by atoms with Gasteiger partial charge < -0.3 is 5.32 Å². The van der Waals surface area contributed by atoms with Crippen LogP contribution in [0, 0.1) is 0 Å². The summed E-state index contributed by atoms with van der Waals surface area (Å²) in [5.74, 6) is -0.530. The van der Waals surface area contributed by atoms with Crippen molar-refractivity contribution < 1.29 is 18.0 Å². The van der Waals surface area contributed by atoms with Gasteiger partial charge in [0.2, 0.25) is 0 Å². The van der Waals surface area contributed by atoms with Gasteiger partial charge in [-0.3, -0.25) is 9.63 Å². The summed E-state index contributed by atoms with van der Waals surface area (Å²) in [4.78, 5) is 16.9. The Kier molecular flexibility index (Phi) is 6.47. The quantitative estimate of drug-likeness (QED) is 0.669. The summed E-state index contributed by atoms with van der Waals surface area (Å²) in [6, 6.07) is 8.88. The number of hydrogen-bond donors (Lipinski definition) is 1. The molecule has 1 N–H and O–H groups in total. The fourth-order valence-corrected chi connectivity index (χ4v) is 4.06. The standard InChI is InChI=1S/C15H13BrCl2N2O4S/c1-20(24-2)25(22,23)14-7-9(3-5-11(14)17)15(21)19-13-6-4-10(16)8-12(13)18/h3-8H,1-2H3,(H,19,21). The first-order valence-electron chi connectivity index (χ1n) is 6.76. The van der Waals surface area contributed by atoms with E-state index in [0.717, 1.165) is 4.47 Å². The lowest BCUT2D eigenvalue weighted by Crippen LogP contribution is -2.26. The van der Waals surface area contributed by atoms with E-state index in [0.29, 0.717) is 15.2 Å². The van der Waals surface area contributed by atoms with Crippen LogP contribution >= 0.6 is 39.1 Å². The third-order valence-electron chi connectivity index (χ3n) is 3.25. The molecule has 0 saturated carbocycles. The van der Waals surface area contributed by atoms with Gasteiger partial charge in [0.15, 0.2) is 0 Å². The highest BCUT2D eigenvalue weighted by Crippen LogP contribution is 2.28. The van der Waals surface area contributed by atoms with Gasteiger partial charge >= 0.3 is 0 Å². The Hall–Kier alpha value is -1.16. The second-order valence-corrected chi connectivity index (χ2v) is 8.46. The monoisotopic (exact) mass is 466 g/mol. The zero-order chi connectivity index (χ0) is 18.8. The first kappa shape index (κ1) is 20.2. The van der Waals surface area contributed by atoms with Crippen molar-refractivity contribution in [1.82, 2.24) is 4.47 Å². The molecule has 0 aromatic heterocycles. The van der Waals surface area contributed by atoms with Crippen LogP contribution in [0.3, 0.4) is 0 Å². The molecule has 2 aromatic carbocycles. The van der Waals surface area contributed by atoms with Crippen molar-refractivity contribution >= 4 is 60.7 Å². The van der Waals surface area contributed by atoms with E-state index < -0.39 is 15.9 Å². The molecule has 0 aliphatic carbocycles. The molecule has 0 saturated heterocycles. The fourth-order valence-electron chi connectivity index (χ4n) is 1.86. The van der Waals surface area contributed by atoms with E-state index >= 15 is 0 Å². The van der Waals surface area contributed by atoms with Gasteiger partial charge in [-0.05, 0) is 36.4 Å². The van der Waals surface area contributed by atoms with Gasteiger partial charge in [0, 0.05) is 17.1 Å². The number of halogens is 3. The number of carbonyl (C=O) groups excluding carboxylic acids is 1. The molecule has 10 heteroatoms. The Morgan fingerprint density at radius 2 is 1.84 bits per heavy atom. The van der Waals surface area contributed by atoms with Crippen LogP contribution in [0.25, 0.3) is 0 Å². The van der Waals surface area contributed by atoms with E-state index in [-0.39, 0.29) is 15.5 Å². The van der Waals surface area contributed by atoms with Gasteiger partial charge in [0.05, 0.1) is 22.8 Å². The van der Waals surface area contributed by atoms with Crippen molar-refractivity contribution in [3.63, 3.8) is 0 Å². The Balaban J connectivity index is 2.37. The molecule has 0 spiro atoms. The zero-order valence-electron chi connectivity index (χ0n) is 13.1. The molecule has 0 unspecified atom stereocenters. The van der Waals surface area contributed by atoms with Crippen molar-refractivity contribution in [2.24, 2.45) is 0 Å². The van der Waals surface area contributed by atoms with Crippen LogP contribution in [0.4, 0.5) is 5.69 Å². The average Bonchev–Trinajstić information content (AvgIpc) is 2.56. The van der Waals surface area contributed by atoms with Crippen molar-refractivity contribution in [1.29, 1.82) is 0 Å². The number of benzene rings is 2. The minimum absolute atomic E-state index is 0.0258. The summed E-state index contributed by atoms with van der Waals surface area (Å²) in [7, 11) is -1.57. The third-order valence-corrected chi connectivity index (χ3v) is 6.21. The van der Waals surface area contributed by atoms with E-state index in [4.69, 9.17) is 28.0 Å². The van der Waals surface area contributed by atoms with Gasteiger partial charge in [-0.2, -0.15) is 0 Å².